The molecule has 3 heteroatoms. The van der Waals surface area contributed by atoms with Crippen LogP contribution in [-0.4, -0.2) is 3.26 Å². The molecular formula is C53H64Cl2Hf-2. The molecular weight excluding hydrogens is 886 g/mol. The molecule has 2 aromatic carbocycles. The summed E-state index contributed by atoms with van der Waals surface area (Å²) in [7, 11) is 0. The smallest absolute Gasteiger partial charge is 0.00455 e. The molecule has 0 amide bonds. The molecule has 0 saturated heterocycles. The predicted molar refractivity (Wildman–Crippen MR) is 230 cm³/mol. The number of fused-ring (bicyclic) bond motifs is 8. The minimum atomic E-state index is 0. The van der Waals surface area contributed by atoms with E-state index < -0.39 is 0 Å². The van der Waals surface area contributed by atoms with E-state index in [2.05, 4.69) is 217 Å². The average Bonchev–Trinajstić information content (AvgIpc) is 3.81. The van der Waals surface area contributed by atoms with E-state index in [0.29, 0.717) is 17.8 Å². The van der Waals surface area contributed by atoms with Gasteiger partial charge in [0.1, 0.15) is 0 Å². The molecule has 2 aromatic rings. The van der Waals surface area contributed by atoms with E-state index in [4.69, 9.17) is 0 Å². The minimum absolute atomic E-state index is 0. The van der Waals surface area contributed by atoms with Gasteiger partial charge in [0.25, 0.3) is 0 Å². The van der Waals surface area contributed by atoms with E-state index in [-0.39, 0.29) is 62.7 Å². The van der Waals surface area contributed by atoms with Gasteiger partial charge in [-0.3, -0.25) is 6.08 Å². The molecule has 0 bridgehead atoms. The molecule has 296 valence electrons. The molecule has 56 heavy (non-hydrogen) atoms. The van der Waals surface area contributed by atoms with Crippen LogP contribution in [0.2, 0.25) is 0 Å². The predicted octanol–water partition coefficient (Wildman–Crippen LogP) is 8.01. The van der Waals surface area contributed by atoms with Crippen LogP contribution in [0.5, 0.6) is 0 Å². The molecule has 6 aliphatic carbocycles. The Balaban J connectivity index is 0.000000225. The van der Waals surface area contributed by atoms with Crippen LogP contribution >= 0.6 is 0 Å². The third-order valence-corrected chi connectivity index (χ3v) is 18.4. The van der Waals surface area contributed by atoms with Crippen molar-refractivity contribution in [1.82, 2.24) is 0 Å². The molecule has 6 aliphatic rings. The molecule has 0 aliphatic heterocycles. The number of benzene rings is 2. The van der Waals surface area contributed by atoms with Gasteiger partial charge in [0.2, 0.25) is 0 Å². The Morgan fingerprint density at radius 1 is 0.643 bits per heavy atom. The maximum Gasteiger partial charge on any atom is 0.00455 e. The first-order chi connectivity index (χ1) is 25.4. The SMILES string of the molecule is CC(C)c1ccc([C](=[Hf+2])c2ccc(C(C)C)cc2)cc1.CC1=CC=CC2[CH-]C3(C)C4(C)C=CC=CC4(C)C4(C)C=CC=CC4(C)C3(C)C12C.[C-]1=CC=CC1.[Cl-].[Cl-]. The maximum absolute atomic E-state index is 2.99. The van der Waals surface area contributed by atoms with E-state index in [1.165, 1.54) is 31.1 Å². The Hall–Kier alpha value is -2.32. The standard InChI is InChI=1S/C29H37.C19H22.C5H5.2ClH.Hf/c1-21-14-13-15-22-20-27(6)25(4)18-10-9-16-23(25,2)24(3)17-11-12-19-26(24,5)29(27,8)28(21,22)7;1-14(2)18-9-5-16(6-10-18)13-17-7-11-19(12-8-17)15(3)4;1-2-4-5-3-1;;;/h9-20,22H,1-8H3;5-12,14-15H,1-4H3;1-3H,4H2;2*1H;/q-1;;-1;;;+2/p-2. The first-order valence-corrected chi connectivity index (χ1v) is 22.1. The van der Waals surface area contributed by atoms with Crippen LogP contribution in [0.3, 0.4) is 0 Å². The van der Waals surface area contributed by atoms with Crippen molar-refractivity contribution in [2.45, 2.75) is 101 Å². The van der Waals surface area contributed by atoms with E-state index >= 15 is 0 Å². The van der Waals surface area contributed by atoms with Crippen molar-refractivity contribution < 1.29 is 48.7 Å². The van der Waals surface area contributed by atoms with Crippen molar-refractivity contribution in [1.29, 1.82) is 0 Å². The van der Waals surface area contributed by atoms with Gasteiger partial charge in [-0.25, -0.2) is 12.2 Å². The van der Waals surface area contributed by atoms with Gasteiger partial charge in [-0.05, 0) is 28.6 Å². The third-order valence-electron chi connectivity index (χ3n) is 16.4. The fraction of sp³-hybridized carbons (Fsp3) is 0.434. The van der Waals surface area contributed by atoms with Gasteiger partial charge in [0, 0.05) is 10.8 Å². The van der Waals surface area contributed by atoms with Gasteiger partial charge in [0.05, 0.1) is 0 Å². The van der Waals surface area contributed by atoms with Crippen molar-refractivity contribution in [3.05, 3.63) is 174 Å². The summed E-state index contributed by atoms with van der Waals surface area (Å²) in [5.74, 6) is 1.67. The number of halogens is 2. The van der Waals surface area contributed by atoms with E-state index in [0.717, 1.165) is 30.3 Å². The van der Waals surface area contributed by atoms with Crippen molar-refractivity contribution in [3.63, 3.8) is 0 Å². The van der Waals surface area contributed by atoms with Gasteiger partial charge in [0.15, 0.2) is 0 Å². The Morgan fingerprint density at radius 2 is 1.09 bits per heavy atom. The summed E-state index contributed by atoms with van der Waals surface area (Å²) in [5, 5.41) is 0. The van der Waals surface area contributed by atoms with Crippen LogP contribution in [0.25, 0.3) is 0 Å². The average molecular weight is 950 g/mol. The van der Waals surface area contributed by atoms with Crippen molar-refractivity contribution in [2.75, 3.05) is 0 Å². The van der Waals surface area contributed by atoms with Crippen LogP contribution in [0.4, 0.5) is 0 Å². The zero-order valence-electron chi connectivity index (χ0n) is 36.0. The Bertz CT molecular complexity index is 1940. The summed E-state index contributed by atoms with van der Waals surface area (Å²) >= 11 is 1.07. The molecule has 0 radical (unpaired) electrons. The van der Waals surface area contributed by atoms with Crippen molar-refractivity contribution in [2.24, 2.45) is 43.8 Å². The summed E-state index contributed by atoms with van der Waals surface area (Å²) in [6.07, 6.45) is 39.3. The van der Waals surface area contributed by atoms with Crippen LogP contribution in [0.15, 0.2) is 139 Å². The first kappa shape index (κ1) is 46.4. The third kappa shape index (κ3) is 6.52. The maximum atomic E-state index is 2.99. The largest absolute Gasteiger partial charge is 1.00 e. The Kier molecular flexibility index (Phi) is 13.9. The van der Waals surface area contributed by atoms with E-state index in [1.807, 2.05) is 12.2 Å². The number of allylic oxidation sites excluding steroid dienone is 16. The quantitative estimate of drug-likeness (QED) is 0.216. The minimum Gasteiger partial charge on any atom is -1.00 e. The number of hydrogen-bond acceptors (Lipinski definition) is 0. The summed E-state index contributed by atoms with van der Waals surface area (Å²) in [6, 6.07) is 18.1. The fourth-order valence-corrected chi connectivity index (χ4v) is 13.0. The van der Waals surface area contributed by atoms with E-state index in [9.17, 15) is 0 Å². The molecule has 8 atom stereocenters. The summed E-state index contributed by atoms with van der Waals surface area (Å²) in [5.41, 5.74) is 7.31. The first-order valence-electron chi connectivity index (χ1n) is 20.4. The van der Waals surface area contributed by atoms with Gasteiger partial charge in [-0.1, -0.05) is 115 Å². The zero-order valence-corrected chi connectivity index (χ0v) is 41.1. The molecule has 0 spiro atoms. The summed E-state index contributed by atoms with van der Waals surface area (Å²) in [4.78, 5) is 0. The molecule has 8 rings (SSSR count). The molecule has 0 N–H and O–H groups in total. The van der Waals surface area contributed by atoms with Gasteiger partial charge in [-0.2, -0.15) is 6.08 Å². The molecule has 0 aromatic heterocycles. The molecule has 0 nitrogen and oxygen atoms in total. The summed E-state index contributed by atoms with van der Waals surface area (Å²) < 4.78 is 1.48. The molecule has 2 saturated carbocycles. The van der Waals surface area contributed by atoms with Crippen molar-refractivity contribution >= 4 is 3.26 Å². The number of hydrogen-bond donors (Lipinski definition) is 0. The van der Waals surface area contributed by atoms with Crippen molar-refractivity contribution in [3.8, 4) is 0 Å². The second-order valence-corrected chi connectivity index (χ2v) is 20.4. The van der Waals surface area contributed by atoms with E-state index in [1.54, 1.807) is 0 Å². The van der Waals surface area contributed by atoms with Crippen LogP contribution in [0, 0.1) is 56.3 Å². The molecule has 8 unspecified atom stereocenters. The topological polar surface area (TPSA) is 0 Å². The Morgan fingerprint density at radius 3 is 1.50 bits per heavy atom. The van der Waals surface area contributed by atoms with Crippen LogP contribution in [-0.2, 0) is 23.9 Å². The molecule has 2 fully saturated rings. The second kappa shape index (κ2) is 16.7. The fourth-order valence-electron chi connectivity index (χ4n) is 11.8. The number of rotatable bonds is 4. The normalized spacial score (nSPS) is 36.1. The van der Waals surface area contributed by atoms with Gasteiger partial charge in [-0.15, -0.1) is 23.8 Å². The second-order valence-electron chi connectivity index (χ2n) is 18.6. The van der Waals surface area contributed by atoms with Crippen LogP contribution in [0.1, 0.15) is 124 Å². The summed E-state index contributed by atoms with van der Waals surface area (Å²) in [6.45, 7) is 29.3. The van der Waals surface area contributed by atoms with Gasteiger partial charge < -0.3 is 31.2 Å². The zero-order chi connectivity index (χ0) is 39.4. The monoisotopic (exact) mass is 950 g/mol. The molecule has 0 heterocycles. The van der Waals surface area contributed by atoms with Crippen LogP contribution < -0.4 is 24.8 Å². The van der Waals surface area contributed by atoms with Gasteiger partial charge >= 0.3 is 137 Å². The Labute approximate surface area is 368 Å².